The van der Waals surface area contributed by atoms with Crippen LogP contribution in [0.2, 0.25) is 0 Å². The summed E-state index contributed by atoms with van der Waals surface area (Å²) in [5.74, 6) is -1.30. The smallest absolute Gasteiger partial charge is 0.343 e. The fraction of sp³-hybridized carbons (Fsp3) is 0.250. The van der Waals surface area contributed by atoms with Gasteiger partial charge < -0.3 is 14.5 Å². The number of nitrogens with zero attached hydrogens (tertiary/aromatic N) is 2. The van der Waals surface area contributed by atoms with E-state index in [9.17, 15) is 19.6 Å². The molecular weight excluding hydrogens is 328 g/mol. The van der Waals surface area contributed by atoms with Crippen LogP contribution in [0.5, 0.6) is 0 Å². The number of amides is 3. The third-order valence-electron chi connectivity index (χ3n) is 3.15. The van der Waals surface area contributed by atoms with Crippen molar-refractivity contribution in [2.24, 2.45) is 0 Å². The van der Waals surface area contributed by atoms with Crippen molar-refractivity contribution >= 4 is 17.9 Å². The Hall–Kier alpha value is -3.54. The standard InChI is InChI=1S/C16H16N4O5/c1-3-18-16(23)19-12(21)9-24-15(22)13-10(2)25-14(11(13)8-17)20-6-4-5-7-20/h4-7H,3,9H2,1-2H3,(H2,18,19,21,23). The molecule has 0 fully saturated rings. The molecule has 0 bridgehead atoms. The molecule has 3 amide bonds. The van der Waals surface area contributed by atoms with Gasteiger partial charge in [0.25, 0.3) is 5.91 Å². The van der Waals surface area contributed by atoms with Crippen molar-refractivity contribution in [2.75, 3.05) is 13.2 Å². The second kappa shape index (κ2) is 7.83. The highest BCUT2D eigenvalue weighted by atomic mass is 16.5. The molecular formula is C16H16N4O5. The number of nitrogens with one attached hydrogen (secondary N) is 2. The normalized spacial score (nSPS) is 9.96. The maximum Gasteiger partial charge on any atom is 0.343 e. The van der Waals surface area contributed by atoms with E-state index in [1.165, 1.54) is 6.92 Å². The first-order valence-corrected chi connectivity index (χ1v) is 7.39. The maximum atomic E-state index is 12.2. The van der Waals surface area contributed by atoms with Crippen molar-refractivity contribution < 1.29 is 23.5 Å². The van der Waals surface area contributed by atoms with Crippen LogP contribution in [0.15, 0.2) is 28.9 Å². The number of hydrogen-bond acceptors (Lipinski definition) is 6. The second-order valence-electron chi connectivity index (χ2n) is 4.90. The predicted molar refractivity (Wildman–Crippen MR) is 85.0 cm³/mol. The van der Waals surface area contributed by atoms with Crippen molar-refractivity contribution in [3.05, 3.63) is 41.4 Å². The molecule has 0 aliphatic heterocycles. The largest absolute Gasteiger partial charge is 0.452 e. The van der Waals surface area contributed by atoms with Crippen molar-refractivity contribution in [1.29, 1.82) is 5.26 Å². The molecule has 0 aliphatic rings. The van der Waals surface area contributed by atoms with Gasteiger partial charge in [0.15, 0.2) is 6.61 Å². The molecule has 9 heteroatoms. The van der Waals surface area contributed by atoms with Crippen LogP contribution in [0.3, 0.4) is 0 Å². The Balaban J connectivity index is 2.11. The van der Waals surface area contributed by atoms with Crippen LogP contribution in [0, 0.1) is 18.3 Å². The summed E-state index contributed by atoms with van der Waals surface area (Å²) in [6.07, 6.45) is 3.32. The molecule has 2 aromatic rings. The van der Waals surface area contributed by atoms with Crippen LogP contribution in [0.25, 0.3) is 5.88 Å². The first-order chi connectivity index (χ1) is 12.0. The lowest BCUT2D eigenvalue weighted by Gasteiger charge is -2.06. The summed E-state index contributed by atoms with van der Waals surface area (Å²) in [7, 11) is 0. The number of nitriles is 1. The minimum absolute atomic E-state index is 0.00262. The summed E-state index contributed by atoms with van der Waals surface area (Å²) >= 11 is 0. The highest BCUT2D eigenvalue weighted by molar-refractivity contribution is 5.98. The molecule has 2 aromatic heterocycles. The second-order valence-corrected chi connectivity index (χ2v) is 4.90. The fourth-order valence-corrected chi connectivity index (χ4v) is 2.10. The zero-order chi connectivity index (χ0) is 18.4. The molecule has 0 radical (unpaired) electrons. The number of carbonyl (C=O) groups excluding carboxylic acids is 3. The molecule has 0 aromatic carbocycles. The average molecular weight is 344 g/mol. The summed E-state index contributed by atoms with van der Waals surface area (Å²) in [6, 6.07) is 4.70. The zero-order valence-corrected chi connectivity index (χ0v) is 13.7. The number of imide groups is 1. The number of rotatable bonds is 5. The summed E-state index contributed by atoms with van der Waals surface area (Å²) in [4.78, 5) is 35.0. The third-order valence-corrected chi connectivity index (χ3v) is 3.15. The first kappa shape index (κ1) is 17.8. The zero-order valence-electron chi connectivity index (χ0n) is 13.7. The topological polar surface area (TPSA) is 126 Å². The van der Waals surface area contributed by atoms with E-state index in [0.29, 0.717) is 6.54 Å². The van der Waals surface area contributed by atoms with Gasteiger partial charge in [-0.15, -0.1) is 0 Å². The highest BCUT2D eigenvalue weighted by Crippen LogP contribution is 2.26. The minimum Gasteiger partial charge on any atom is -0.452 e. The Morgan fingerprint density at radius 3 is 2.60 bits per heavy atom. The van der Waals surface area contributed by atoms with E-state index in [4.69, 9.17) is 9.15 Å². The quantitative estimate of drug-likeness (QED) is 0.786. The number of aryl methyl sites for hydroxylation is 1. The van der Waals surface area contributed by atoms with E-state index in [1.54, 1.807) is 36.0 Å². The number of furan rings is 1. The number of aromatic nitrogens is 1. The SMILES string of the molecule is CCNC(=O)NC(=O)COC(=O)c1c(C)oc(-n2cccc2)c1C#N. The predicted octanol–water partition coefficient (Wildman–Crippen LogP) is 1.25. The van der Waals surface area contributed by atoms with E-state index in [1.807, 2.05) is 11.4 Å². The molecule has 0 aliphatic carbocycles. The molecule has 0 spiro atoms. The van der Waals surface area contributed by atoms with Crippen LogP contribution in [-0.4, -0.2) is 35.6 Å². The molecule has 9 nitrogen and oxygen atoms in total. The minimum atomic E-state index is -0.887. The monoisotopic (exact) mass is 344 g/mol. The summed E-state index contributed by atoms with van der Waals surface area (Å²) in [5, 5.41) is 13.7. The van der Waals surface area contributed by atoms with Gasteiger partial charge in [-0.2, -0.15) is 5.26 Å². The third kappa shape index (κ3) is 4.06. The van der Waals surface area contributed by atoms with E-state index in [0.717, 1.165) is 0 Å². The van der Waals surface area contributed by atoms with Crippen LogP contribution in [0.1, 0.15) is 28.6 Å². The lowest BCUT2D eigenvalue weighted by atomic mass is 10.1. The van der Waals surface area contributed by atoms with Gasteiger partial charge in [0, 0.05) is 18.9 Å². The van der Waals surface area contributed by atoms with Crippen LogP contribution in [0.4, 0.5) is 4.79 Å². The van der Waals surface area contributed by atoms with Crippen LogP contribution in [-0.2, 0) is 9.53 Å². The van der Waals surface area contributed by atoms with Gasteiger partial charge in [-0.3, -0.25) is 14.7 Å². The lowest BCUT2D eigenvalue weighted by molar-refractivity contribution is -0.123. The van der Waals surface area contributed by atoms with Gasteiger partial charge >= 0.3 is 12.0 Å². The van der Waals surface area contributed by atoms with E-state index in [-0.39, 0.29) is 22.8 Å². The Kier molecular flexibility index (Phi) is 5.58. The van der Waals surface area contributed by atoms with E-state index >= 15 is 0 Å². The van der Waals surface area contributed by atoms with Gasteiger partial charge in [0.1, 0.15) is 23.0 Å². The molecule has 2 rings (SSSR count). The molecule has 0 saturated carbocycles. The Morgan fingerprint density at radius 1 is 1.32 bits per heavy atom. The number of carbonyl (C=O) groups is 3. The van der Waals surface area contributed by atoms with E-state index < -0.39 is 24.5 Å². The van der Waals surface area contributed by atoms with Crippen molar-refractivity contribution in [1.82, 2.24) is 15.2 Å². The summed E-state index contributed by atoms with van der Waals surface area (Å²) < 4.78 is 11.9. The Bertz CT molecular complexity index is 830. The van der Waals surface area contributed by atoms with Crippen molar-refractivity contribution in [3.63, 3.8) is 0 Å². The van der Waals surface area contributed by atoms with Gasteiger partial charge in [-0.1, -0.05) is 0 Å². The summed E-state index contributed by atoms with van der Waals surface area (Å²) in [6.45, 7) is 2.89. The maximum absolute atomic E-state index is 12.2. The van der Waals surface area contributed by atoms with Crippen LogP contribution >= 0.6 is 0 Å². The molecule has 0 unspecified atom stereocenters. The number of ether oxygens (including phenoxy) is 1. The van der Waals surface area contributed by atoms with Crippen LogP contribution < -0.4 is 10.6 Å². The number of esters is 1. The molecule has 0 atom stereocenters. The highest BCUT2D eigenvalue weighted by Gasteiger charge is 2.26. The van der Waals surface area contributed by atoms with Gasteiger partial charge in [-0.25, -0.2) is 9.59 Å². The molecule has 2 N–H and O–H groups in total. The van der Waals surface area contributed by atoms with Gasteiger partial charge in [0.05, 0.1) is 0 Å². The Labute approximate surface area is 143 Å². The van der Waals surface area contributed by atoms with Gasteiger partial charge in [0.2, 0.25) is 5.88 Å². The van der Waals surface area contributed by atoms with Gasteiger partial charge in [-0.05, 0) is 26.0 Å². The Morgan fingerprint density at radius 2 is 2.00 bits per heavy atom. The first-order valence-electron chi connectivity index (χ1n) is 7.39. The molecule has 25 heavy (non-hydrogen) atoms. The van der Waals surface area contributed by atoms with Crippen molar-refractivity contribution in [3.8, 4) is 12.0 Å². The molecule has 130 valence electrons. The number of hydrogen-bond donors (Lipinski definition) is 2. The number of urea groups is 1. The molecule has 2 heterocycles. The molecule has 0 saturated heterocycles. The average Bonchev–Trinajstić information content (AvgIpc) is 3.19. The summed E-state index contributed by atoms with van der Waals surface area (Å²) in [5.41, 5.74) is -0.0557. The lowest BCUT2D eigenvalue weighted by Crippen LogP contribution is -2.41. The fourth-order valence-electron chi connectivity index (χ4n) is 2.10. The van der Waals surface area contributed by atoms with E-state index in [2.05, 4.69) is 5.32 Å². The van der Waals surface area contributed by atoms with Crippen molar-refractivity contribution in [2.45, 2.75) is 13.8 Å².